The number of anilines is 1. The largest absolute Gasteiger partial charge is 0.435 e. The minimum atomic E-state index is -0.130. The molecule has 0 fully saturated rings. The molecule has 0 aliphatic carbocycles. The van der Waals surface area contributed by atoms with E-state index in [1.54, 1.807) is 6.07 Å². The Labute approximate surface area is 171 Å². The molecule has 1 heterocycles. The Bertz CT molecular complexity index is 1160. The Morgan fingerprint density at radius 3 is 2.61 bits per heavy atom. The minimum absolute atomic E-state index is 0.130. The van der Waals surface area contributed by atoms with Crippen molar-refractivity contribution in [2.24, 2.45) is 0 Å². The summed E-state index contributed by atoms with van der Waals surface area (Å²) in [5, 5.41) is 2.92. The number of hydrogen-bond acceptors (Lipinski definition) is 3. The monoisotopic (exact) mass is 434 g/mol. The summed E-state index contributed by atoms with van der Waals surface area (Å²) in [5.74, 6) is 0.426. The molecule has 1 N–H and O–H groups in total. The molecule has 4 nitrogen and oxygen atoms in total. The first-order valence-electron chi connectivity index (χ1n) is 9.11. The number of aryl methyl sites for hydroxylation is 2. The number of carbonyl (C=O) groups is 1. The molecule has 140 valence electrons. The van der Waals surface area contributed by atoms with Gasteiger partial charge in [0, 0.05) is 16.8 Å². The van der Waals surface area contributed by atoms with Gasteiger partial charge in [0.25, 0.3) is 5.91 Å². The molecule has 5 heteroatoms. The lowest BCUT2D eigenvalue weighted by atomic mass is 10.1. The highest BCUT2D eigenvalue weighted by molar-refractivity contribution is 9.10. The van der Waals surface area contributed by atoms with Gasteiger partial charge < -0.3 is 9.73 Å². The van der Waals surface area contributed by atoms with Crippen LogP contribution in [0.2, 0.25) is 0 Å². The summed E-state index contributed by atoms with van der Waals surface area (Å²) in [6, 6.07) is 19.1. The maximum Gasteiger partial charge on any atom is 0.255 e. The summed E-state index contributed by atoms with van der Waals surface area (Å²) in [7, 11) is 0. The number of benzene rings is 3. The zero-order valence-corrected chi connectivity index (χ0v) is 17.2. The topological polar surface area (TPSA) is 55.1 Å². The van der Waals surface area contributed by atoms with Crippen molar-refractivity contribution in [3.63, 3.8) is 0 Å². The van der Waals surface area contributed by atoms with Crippen LogP contribution >= 0.6 is 15.9 Å². The smallest absolute Gasteiger partial charge is 0.255 e. The van der Waals surface area contributed by atoms with Crippen molar-refractivity contribution in [2.75, 3.05) is 5.32 Å². The van der Waals surface area contributed by atoms with E-state index in [4.69, 9.17) is 4.42 Å². The van der Waals surface area contributed by atoms with Gasteiger partial charge in [-0.25, -0.2) is 4.98 Å². The van der Waals surface area contributed by atoms with E-state index in [1.165, 1.54) is 5.56 Å². The molecule has 0 saturated carbocycles. The van der Waals surface area contributed by atoms with Gasteiger partial charge in [-0.05, 0) is 83.4 Å². The molecule has 4 rings (SSSR count). The Balaban J connectivity index is 1.57. The highest BCUT2D eigenvalue weighted by Gasteiger charge is 2.12. The van der Waals surface area contributed by atoms with Gasteiger partial charge in [0.15, 0.2) is 5.58 Å². The Morgan fingerprint density at radius 2 is 1.89 bits per heavy atom. The molecule has 0 saturated heterocycles. The van der Waals surface area contributed by atoms with Crippen LogP contribution in [0.1, 0.15) is 28.4 Å². The van der Waals surface area contributed by atoms with Crippen molar-refractivity contribution < 1.29 is 9.21 Å². The molecule has 1 aromatic heterocycles. The van der Waals surface area contributed by atoms with Gasteiger partial charge in [0.1, 0.15) is 5.52 Å². The predicted molar refractivity (Wildman–Crippen MR) is 116 cm³/mol. The predicted octanol–water partition coefficient (Wildman–Crippen LogP) is 6.38. The number of halogens is 1. The normalized spacial score (nSPS) is 11.0. The van der Waals surface area contributed by atoms with Gasteiger partial charge in [-0.1, -0.05) is 24.6 Å². The lowest BCUT2D eigenvalue weighted by molar-refractivity contribution is 0.102. The fraction of sp³-hybridized carbons (Fsp3) is 0.130. The third-order valence-corrected chi connectivity index (χ3v) is 5.17. The Kier molecular flexibility index (Phi) is 5.01. The standard InChI is InChI=1S/C23H19BrN2O2/c1-3-15-12-19(24)21-20(13-15)26-23(28-21)16-7-9-18(10-8-16)25-22(27)17-6-4-5-14(2)11-17/h4-13H,3H2,1-2H3,(H,25,27). The summed E-state index contributed by atoms with van der Waals surface area (Å²) in [5.41, 5.74) is 6.04. The summed E-state index contributed by atoms with van der Waals surface area (Å²) >= 11 is 3.56. The molecule has 0 spiro atoms. The number of nitrogens with one attached hydrogen (secondary N) is 1. The van der Waals surface area contributed by atoms with Crippen molar-refractivity contribution in [2.45, 2.75) is 20.3 Å². The molecular formula is C23H19BrN2O2. The molecule has 0 aliphatic rings. The number of rotatable bonds is 4. The highest BCUT2D eigenvalue weighted by atomic mass is 79.9. The molecule has 0 bridgehead atoms. The van der Waals surface area contributed by atoms with Crippen molar-refractivity contribution >= 4 is 38.6 Å². The molecule has 0 atom stereocenters. The average molecular weight is 435 g/mol. The Hall–Kier alpha value is -2.92. The Morgan fingerprint density at radius 1 is 1.11 bits per heavy atom. The van der Waals surface area contributed by atoms with E-state index in [0.717, 1.165) is 38.8 Å². The van der Waals surface area contributed by atoms with Gasteiger partial charge in [0.2, 0.25) is 5.89 Å². The van der Waals surface area contributed by atoms with E-state index < -0.39 is 0 Å². The molecule has 4 aromatic rings. The first-order chi connectivity index (χ1) is 13.5. The quantitative estimate of drug-likeness (QED) is 0.405. The van der Waals surface area contributed by atoms with Gasteiger partial charge in [-0.3, -0.25) is 4.79 Å². The average Bonchev–Trinajstić information content (AvgIpc) is 3.13. The summed E-state index contributed by atoms with van der Waals surface area (Å²) in [4.78, 5) is 17.0. The minimum Gasteiger partial charge on any atom is -0.435 e. The molecule has 0 unspecified atom stereocenters. The van der Waals surface area contributed by atoms with Crippen LogP contribution in [-0.4, -0.2) is 10.9 Å². The van der Waals surface area contributed by atoms with Crippen LogP contribution in [0.25, 0.3) is 22.6 Å². The van der Waals surface area contributed by atoms with Crippen LogP contribution in [-0.2, 0) is 6.42 Å². The lowest BCUT2D eigenvalue weighted by Crippen LogP contribution is -2.11. The van der Waals surface area contributed by atoms with E-state index in [-0.39, 0.29) is 5.91 Å². The van der Waals surface area contributed by atoms with Crippen LogP contribution < -0.4 is 5.32 Å². The number of amides is 1. The van der Waals surface area contributed by atoms with E-state index in [0.29, 0.717) is 11.5 Å². The van der Waals surface area contributed by atoms with E-state index in [1.807, 2.05) is 55.5 Å². The molecule has 1 amide bonds. The molecule has 0 aliphatic heterocycles. The highest BCUT2D eigenvalue weighted by Crippen LogP contribution is 2.31. The van der Waals surface area contributed by atoms with Gasteiger partial charge in [-0.2, -0.15) is 0 Å². The number of carbonyl (C=O) groups excluding carboxylic acids is 1. The zero-order valence-electron chi connectivity index (χ0n) is 15.6. The van der Waals surface area contributed by atoms with Crippen molar-refractivity contribution in [1.82, 2.24) is 4.98 Å². The van der Waals surface area contributed by atoms with Crippen molar-refractivity contribution in [3.05, 3.63) is 81.8 Å². The second-order valence-electron chi connectivity index (χ2n) is 6.70. The molecule has 3 aromatic carbocycles. The first-order valence-corrected chi connectivity index (χ1v) is 9.90. The third-order valence-electron chi connectivity index (χ3n) is 4.58. The van der Waals surface area contributed by atoms with Crippen molar-refractivity contribution in [1.29, 1.82) is 0 Å². The van der Waals surface area contributed by atoms with Crippen LogP contribution in [0.5, 0.6) is 0 Å². The maximum atomic E-state index is 12.4. The van der Waals surface area contributed by atoms with E-state index in [2.05, 4.69) is 39.2 Å². The summed E-state index contributed by atoms with van der Waals surface area (Å²) in [6.07, 6.45) is 0.937. The van der Waals surface area contributed by atoms with Crippen LogP contribution in [0.15, 0.2) is 69.6 Å². The SMILES string of the molecule is CCc1cc(Br)c2oc(-c3ccc(NC(=O)c4cccc(C)c4)cc3)nc2c1. The third kappa shape index (κ3) is 3.71. The van der Waals surface area contributed by atoms with Crippen molar-refractivity contribution in [3.8, 4) is 11.5 Å². The van der Waals surface area contributed by atoms with Gasteiger partial charge >= 0.3 is 0 Å². The summed E-state index contributed by atoms with van der Waals surface area (Å²) in [6.45, 7) is 4.08. The fourth-order valence-electron chi connectivity index (χ4n) is 3.06. The van der Waals surface area contributed by atoms with Crippen LogP contribution in [0.4, 0.5) is 5.69 Å². The number of nitrogens with zero attached hydrogens (tertiary/aromatic N) is 1. The summed E-state index contributed by atoms with van der Waals surface area (Å²) < 4.78 is 6.85. The molecule has 0 radical (unpaired) electrons. The molecular weight excluding hydrogens is 416 g/mol. The zero-order chi connectivity index (χ0) is 19.7. The maximum absolute atomic E-state index is 12.4. The number of fused-ring (bicyclic) bond motifs is 1. The van der Waals surface area contributed by atoms with Gasteiger partial charge in [-0.15, -0.1) is 0 Å². The second-order valence-corrected chi connectivity index (χ2v) is 7.55. The second kappa shape index (κ2) is 7.60. The lowest BCUT2D eigenvalue weighted by Gasteiger charge is -2.06. The fourth-order valence-corrected chi connectivity index (χ4v) is 3.64. The van der Waals surface area contributed by atoms with Crippen LogP contribution in [0, 0.1) is 6.92 Å². The van der Waals surface area contributed by atoms with E-state index in [9.17, 15) is 4.79 Å². The number of aromatic nitrogens is 1. The van der Waals surface area contributed by atoms with Gasteiger partial charge in [0.05, 0.1) is 4.47 Å². The van der Waals surface area contributed by atoms with E-state index >= 15 is 0 Å². The first kappa shape index (κ1) is 18.4. The number of oxazole rings is 1. The number of hydrogen-bond donors (Lipinski definition) is 1. The van der Waals surface area contributed by atoms with Crippen LogP contribution in [0.3, 0.4) is 0 Å². The molecule has 28 heavy (non-hydrogen) atoms.